The number of carbonyl (C=O) groups is 1. The van der Waals surface area contributed by atoms with Crippen LogP contribution in [0, 0.1) is 0 Å². The highest BCUT2D eigenvalue weighted by molar-refractivity contribution is 5.66. The topological polar surface area (TPSA) is 77.8 Å². The molecule has 0 spiro atoms. The summed E-state index contributed by atoms with van der Waals surface area (Å²) in [4.78, 5) is 10.3. The van der Waals surface area contributed by atoms with Crippen LogP contribution < -0.4 is 0 Å². The molecule has 130 valence electrons. The Kier molecular flexibility index (Phi) is 14.4. The Labute approximate surface area is 135 Å². The van der Waals surface area contributed by atoms with Gasteiger partial charge in [0.2, 0.25) is 0 Å². The average molecular weight is 314 g/mol. The van der Waals surface area contributed by atoms with Gasteiger partial charge in [0.25, 0.3) is 0 Å². The second-order valence-electron chi connectivity index (χ2n) is 6.08. The zero-order valence-corrected chi connectivity index (χ0v) is 14.0. The van der Waals surface area contributed by atoms with Crippen LogP contribution in [0.1, 0.15) is 84.0 Å². The number of carboxylic acid groups (broad SMARTS) is 1. The van der Waals surface area contributed by atoms with E-state index in [0.717, 1.165) is 44.9 Å². The molecule has 0 saturated carbocycles. The molecular formula is C18H34O4. The van der Waals surface area contributed by atoms with Gasteiger partial charge >= 0.3 is 5.97 Å². The molecule has 4 nitrogen and oxygen atoms in total. The maximum Gasteiger partial charge on any atom is 0.303 e. The Morgan fingerprint density at radius 3 is 2.09 bits per heavy atom. The maximum absolute atomic E-state index is 10.3. The fourth-order valence-electron chi connectivity index (χ4n) is 2.41. The molecule has 0 saturated heterocycles. The highest BCUT2D eigenvalue weighted by Crippen LogP contribution is 2.13. The molecular weight excluding hydrogens is 280 g/mol. The summed E-state index contributed by atoms with van der Waals surface area (Å²) >= 11 is 0. The highest BCUT2D eigenvalue weighted by Gasteiger charge is 2.05. The van der Waals surface area contributed by atoms with Gasteiger partial charge in [0.1, 0.15) is 0 Å². The van der Waals surface area contributed by atoms with Gasteiger partial charge in [-0.05, 0) is 32.1 Å². The summed E-state index contributed by atoms with van der Waals surface area (Å²) in [7, 11) is 0. The molecule has 3 N–H and O–H groups in total. The number of hydrogen-bond acceptors (Lipinski definition) is 3. The van der Waals surface area contributed by atoms with E-state index in [9.17, 15) is 15.0 Å². The van der Waals surface area contributed by atoms with E-state index in [1.165, 1.54) is 12.8 Å². The van der Waals surface area contributed by atoms with E-state index in [2.05, 4.69) is 6.92 Å². The number of hydrogen-bond donors (Lipinski definition) is 3. The smallest absolute Gasteiger partial charge is 0.303 e. The predicted octanol–water partition coefficient (Wildman–Crippen LogP) is 4.05. The summed E-state index contributed by atoms with van der Waals surface area (Å²) in [6.07, 6.45) is 13.6. The lowest BCUT2D eigenvalue weighted by Gasteiger charge is -2.11. The van der Waals surface area contributed by atoms with Crippen molar-refractivity contribution in [2.45, 2.75) is 96.2 Å². The van der Waals surface area contributed by atoms with Crippen molar-refractivity contribution in [3.63, 3.8) is 0 Å². The van der Waals surface area contributed by atoms with Crippen LogP contribution in [0.25, 0.3) is 0 Å². The fourth-order valence-corrected chi connectivity index (χ4v) is 2.41. The van der Waals surface area contributed by atoms with Crippen molar-refractivity contribution in [1.29, 1.82) is 0 Å². The van der Waals surface area contributed by atoms with Gasteiger partial charge in [0, 0.05) is 6.42 Å². The first-order chi connectivity index (χ1) is 10.6. The van der Waals surface area contributed by atoms with Gasteiger partial charge in [-0.25, -0.2) is 0 Å². The van der Waals surface area contributed by atoms with Crippen LogP contribution in [0.4, 0.5) is 0 Å². The molecule has 0 aromatic rings. The van der Waals surface area contributed by atoms with Crippen molar-refractivity contribution < 1.29 is 20.1 Å². The minimum absolute atomic E-state index is 0.146. The molecule has 0 heterocycles. The van der Waals surface area contributed by atoms with Crippen LogP contribution in [0.3, 0.4) is 0 Å². The molecule has 2 atom stereocenters. The molecule has 0 unspecified atom stereocenters. The second-order valence-corrected chi connectivity index (χ2v) is 6.08. The van der Waals surface area contributed by atoms with Gasteiger partial charge in [-0.15, -0.1) is 0 Å². The Morgan fingerprint density at radius 2 is 1.50 bits per heavy atom. The van der Waals surface area contributed by atoms with Crippen LogP contribution in [0.2, 0.25) is 0 Å². The SMILES string of the molecule is CCCCC[C@@H](O)CCCCC[C@@H](O)C/C=C/CCC(=O)O. The molecule has 0 amide bonds. The molecule has 0 aromatic heterocycles. The first-order valence-electron chi connectivity index (χ1n) is 8.79. The molecule has 0 aliphatic rings. The zero-order valence-electron chi connectivity index (χ0n) is 14.0. The average Bonchev–Trinajstić information content (AvgIpc) is 2.46. The summed E-state index contributed by atoms with van der Waals surface area (Å²) in [5, 5.41) is 28.1. The number of unbranched alkanes of at least 4 members (excludes halogenated alkanes) is 4. The Morgan fingerprint density at radius 1 is 0.909 bits per heavy atom. The zero-order chi connectivity index (χ0) is 16.6. The summed E-state index contributed by atoms with van der Waals surface area (Å²) < 4.78 is 0. The van der Waals surface area contributed by atoms with Crippen LogP contribution >= 0.6 is 0 Å². The number of carboxylic acids is 1. The van der Waals surface area contributed by atoms with Crippen LogP contribution in [-0.2, 0) is 4.79 Å². The van der Waals surface area contributed by atoms with Gasteiger partial charge in [-0.3, -0.25) is 4.79 Å². The van der Waals surface area contributed by atoms with E-state index in [4.69, 9.17) is 5.11 Å². The van der Waals surface area contributed by atoms with Gasteiger partial charge in [-0.1, -0.05) is 57.6 Å². The van der Waals surface area contributed by atoms with Crippen LogP contribution in [0.15, 0.2) is 12.2 Å². The minimum Gasteiger partial charge on any atom is -0.481 e. The van der Waals surface area contributed by atoms with Gasteiger partial charge in [0.15, 0.2) is 0 Å². The van der Waals surface area contributed by atoms with E-state index in [0.29, 0.717) is 12.8 Å². The maximum atomic E-state index is 10.3. The summed E-state index contributed by atoms with van der Waals surface area (Å²) in [5.74, 6) is -0.790. The lowest BCUT2D eigenvalue weighted by Crippen LogP contribution is -2.07. The van der Waals surface area contributed by atoms with Crippen molar-refractivity contribution in [3.05, 3.63) is 12.2 Å². The fraction of sp³-hybridized carbons (Fsp3) is 0.833. The largest absolute Gasteiger partial charge is 0.481 e. The lowest BCUT2D eigenvalue weighted by atomic mass is 10.0. The number of allylic oxidation sites excluding steroid dienone is 1. The van der Waals surface area contributed by atoms with Crippen molar-refractivity contribution in [2.75, 3.05) is 0 Å². The third kappa shape index (κ3) is 15.5. The third-order valence-corrected chi connectivity index (χ3v) is 3.82. The van der Waals surface area contributed by atoms with E-state index in [1.54, 1.807) is 0 Å². The van der Waals surface area contributed by atoms with Crippen LogP contribution in [0.5, 0.6) is 0 Å². The molecule has 0 rings (SSSR count). The molecule has 0 aromatic carbocycles. The predicted molar refractivity (Wildman–Crippen MR) is 89.9 cm³/mol. The summed E-state index contributed by atoms with van der Waals surface area (Å²) in [6, 6.07) is 0. The number of rotatable bonds is 15. The van der Waals surface area contributed by atoms with Gasteiger partial charge < -0.3 is 15.3 Å². The summed E-state index contributed by atoms with van der Waals surface area (Å²) in [5.41, 5.74) is 0. The lowest BCUT2D eigenvalue weighted by molar-refractivity contribution is -0.136. The number of aliphatic carboxylic acids is 1. The summed E-state index contributed by atoms with van der Waals surface area (Å²) in [6.45, 7) is 2.17. The molecule has 0 radical (unpaired) electrons. The molecule has 0 aliphatic carbocycles. The molecule has 0 fully saturated rings. The molecule has 0 bridgehead atoms. The Balaban J connectivity index is 3.41. The number of aliphatic hydroxyl groups excluding tert-OH is 2. The number of aliphatic hydroxyl groups is 2. The molecule has 22 heavy (non-hydrogen) atoms. The van der Waals surface area contributed by atoms with Gasteiger partial charge in [0.05, 0.1) is 12.2 Å². The van der Waals surface area contributed by atoms with Gasteiger partial charge in [-0.2, -0.15) is 0 Å². The Bertz CT molecular complexity index is 289. The first-order valence-corrected chi connectivity index (χ1v) is 8.79. The monoisotopic (exact) mass is 314 g/mol. The first kappa shape index (κ1) is 21.1. The van der Waals surface area contributed by atoms with Crippen LogP contribution in [-0.4, -0.2) is 33.5 Å². The normalized spacial score (nSPS) is 14.3. The third-order valence-electron chi connectivity index (χ3n) is 3.82. The van der Waals surface area contributed by atoms with Crippen molar-refractivity contribution in [2.24, 2.45) is 0 Å². The van der Waals surface area contributed by atoms with Crippen molar-refractivity contribution in [1.82, 2.24) is 0 Å². The molecule has 4 heteroatoms. The Hall–Kier alpha value is -0.870. The molecule has 0 aliphatic heterocycles. The van der Waals surface area contributed by atoms with E-state index in [-0.39, 0.29) is 18.6 Å². The van der Waals surface area contributed by atoms with E-state index in [1.807, 2.05) is 12.2 Å². The standard InChI is InChI=1S/C18H34O4/c1-2-3-6-11-16(19)12-7-4-8-13-17(20)14-9-5-10-15-18(21)22/h5,9,16-17,19-20H,2-4,6-8,10-15H2,1H3,(H,21,22)/b9-5+/t16-,17-/m1/s1. The van der Waals surface area contributed by atoms with E-state index < -0.39 is 5.97 Å². The van der Waals surface area contributed by atoms with Crippen molar-refractivity contribution in [3.8, 4) is 0 Å². The van der Waals surface area contributed by atoms with E-state index >= 15 is 0 Å². The quantitative estimate of drug-likeness (QED) is 0.315. The minimum atomic E-state index is -0.790. The second kappa shape index (κ2) is 15.0. The highest BCUT2D eigenvalue weighted by atomic mass is 16.4. The van der Waals surface area contributed by atoms with Crippen molar-refractivity contribution >= 4 is 5.97 Å².